The van der Waals surface area contributed by atoms with Crippen LogP contribution in [0.2, 0.25) is 0 Å². The minimum absolute atomic E-state index is 0.450. The molecular formula is C14H18O4. The minimum atomic E-state index is -1.48. The van der Waals surface area contributed by atoms with E-state index in [1.807, 2.05) is 32.9 Å². The molecule has 1 aromatic carbocycles. The standard InChI is InChI=1S/C14H18O4/c1-4-9-6-8(3)7-10(5-2)11(9)12(13(15)16)14(17)18/h6-7,12H,4-5H2,1-3H3,(H,15,16)(H,17,18). The zero-order valence-corrected chi connectivity index (χ0v) is 10.9. The van der Waals surface area contributed by atoms with Crippen LogP contribution in [0, 0.1) is 6.92 Å². The Labute approximate surface area is 106 Å². The van der Waals surface area contributed by atoms with Crippen molar-refractivity contribution in [3.05, 3.63) is 34.4 Å². The SMILES string of the molecule is CCc1cc(C)cc(CC)c1C(C(=O)O)C(=O)O. The van der Waals surface area contributed by atoms with Crippen molar-refractivity contribution in [3.63, 3.8) is 0 Å². The fraction of sp³-hybridized carbons (Fsp3) is 0.429. The number of carboxylic acid groups (broad SMARTS) is 2. The number of hydrogen-bond acceptors (Lipinski definition) is 2. The summed E-state index contributed by atoms with van der Waals surface area (Å²) in [6.07, 6.45) is 1.25. The van der Waals surface area contributed by atoms with Gasteiger partial charge in [-0.15, -0.1) is 0 Å². The molecule has 0 aliphatic rings. The molecule has 0 amide bonds. The van der Waals surface area contributed by atoms with Gasteiger partial charge in [0, 0.05) is 0 Å². The molecule has 1 rings (SSSR count). The van der Waals surface area contributed by atoms with Gasteiger partial charge in [-0.2, -0.15) is 0 Å². The Morgan fingerprint density at radius 1 is 1.06 bits per heavy atom. The number of aliphatic carboxylic acids is 2. The van der Waals surface area contributed by atoms with E-state index in [2.05, 4.69) is 0 Å². The molecule has 98 valence electrons. The lowest BCUT2D eigenvalue weighted by Gasteiger charge is -2.18. The second kappa shape index (κ2) is 5.67. The topological polar surface area (TPSA) is 74.6 Å². The predicted octanol–water partition coefficient (Wildman–Crippen LogP) is 2.37. The highest BCUT2D eigenvalue weighted by molar-refractivity contribution is 5.99. The normalized spacial score (nSPS) is 10.7. The second-order valence-corrected chi connectivity index (χ2v) is 4.31. The number of hydrogen-bond donors (Lipinski definition) is 2. The highest BCUT2D eigenvalue weighted by atomic mass is 16.4. The molecule has 1 aromatic rings. The maximum atomic E-state index is 11.2. The monoisotopic (exact) mass is 250 g/mol. The molecule has 0 aromatic heterocycles. The van der Waals surface area contributed by atoms with Crippen LogP contribution in [0.15, 0.2) is 12.1 Å². The molecule has 0 aliphatic carbocycles. The van der Waals surface area contributed by atoms with Crippen molar-refractivity contribution in [1.82, 2.24) is 0 Å². The van der Waals surface area contributed by atoms with E-state index in [1.165, 1.54) is 0 Å². The van der Waals surface area contributed by atoms with Gasteiger partial charge in [-0.05, 0) is 36.5 Å². The second-order valence-electron chi connectivity index (χ2n) is 4.31. The first-order valence-electron chi connectivity index (χ1n) is 6.00. The van der Waals surface area contributed by atoms with Gasteiger partial charge in [0.05, 0.1) is 0 Å². The van der Waals surface area contributed by atoms with Gasteiger partial charge < -0.3 is 10.2 Å². The van der Waals surface area contributed by atoms with Crippen molar-refractivity contribution in [2.45, 2.75) is 39.5 Å². The van der Waals surface area contributed by atoms with E-state index in [1.54, 1.807) is 0 Å². The fourth-order valence-electron chi connectivity index (χ4n) is 2.26. The number of carbonyl (C=O) groups is 2. The molecule has 0 spiro atoms. The Morgan fingerprint density at radius 3 is 1.72 bits per heavy atom. The maximum Gasteiger partial charge on any atom is 0.322 e. The molecule has 0 atom stereocenters. The third-order valence-electron chi connectivity index (χ3n) is 3.04. The van der Waals surface area contributed by atoms with Crippen molar-refractivity contribution in [2.75, 3.05) is 0 Å². The summed E-state index contributed by atoms with van der Waals surface area (Å²) in [7, 11) is 0. The van der Waals surface area contributed by atoms with Gasteiger partial charge in [0.15, 0.2) is 5.92 Å². The fourth-order valence-corrected chi connectivity index (χ4v) is 2.26. The molecule has 0 radical (unpaired) electrons. The molecule has 0 fully saturated rings. The van der Waals surface area contributed by atoms with Crippen molar-refractivity contribution < 1.29 is 19.8 Å². The Morgan fingerprint density at radius 2 is 1.44 bits per heavy atom. The summed E-state index contributed by atoms with van der Waals surface area (Å²) in [5, 5.41) is 18.3. The zero-order chi connectivity index (χ0) is 13.9. The van der Waals surface area contributed by atoms with E-state index in [4.69, 9.17) is 10.2 Å². The van der Waals surface area contributed by atoms with Gasteiger partial charge in [0.2, 0.25) is 0 Å². The molecule has 0 saturated carbocycles. The average Bonchev–Trinajstić information content (AvgIpc) is 2.29. The first-order chi connectivity index (χ1) is 8.42. The van der Waals surface area contributed by atoms with Gasteiger partial charge in [-0.1, -0.05) is 31.5 Å². The van der Waals surface area contributed by atoms with Crippen LogP contribution in [0.3, 0.4) is 0 Å². The van der Waals surface area contributed by atoms with E-state index >= 15 is 0 Å². The summed E-state index contributed by atoms with van der Waals surface area (Å²) in [6, 6.07) is 3.74. The highest BCUT2D eigenvalue weighted by Gasteiger charge is 2.31. The molecule has 2 N–H and O–H groups in total. The summed E-state index contributed by atoms with van der Waals surface area (Å²) >= 11 is 0. The van der Waals surface area contributed by atoms with Gasteiger partial charge in [-0.25, -0.2) is 0 Å². The van der Waals surface area contributed by atoms with Crippen LogP contribution in [0.1, 0.15) is 42.0 Å². The van der Waals surface area contributed by atoms with Crippen LogP contribution in [0.5, 0.6) is 0 Å². The van der Waals surface area contributed by atoms with Gasteiger partial charge in [0.25, 0.3) is 0 Å². The third-order valence-corrected chi connectivity index (χ3v) is 3.04. The van der Waals surface area contributed by atoms with Gasteiger partial charge >= 0.3 is 11.9 Å². The van der Waals surface area contributed by atoms with E-state index in [-0.39, 0.29) is 0 Å². The zero-order valence-electron chi connectivity index (χ0n) is 10.9. The Kier molecular flexibility index (Phi) is 4.48. The molecule has 18 heavy (non-hydrogen) atoms. The third kappa shape index (κ3) is 2.70. The molecule has 0 saturated heterocycles. The van der Waals surface area contributed by atoms with Crippen LogP contribution in [-0.2, 0) is 22.4 Å². The highest BCUT2D eigenvalue weighted by Crippen LogP contribution is 2.28. The predicted molar refractivity (Wildman–Crippen MR) is 67.9 cm³/mol. The van der Waals surface area contributed by atoms with Crippen LogP contribution in [-0.4, -0.2) is 22.2 Å². The Bertz CT molecular complexity index is 438. The smallest absolute Gasteiger partial charge is 0.322 e. The Hall–Kier alpha value is -1.84. The van der Waals surface area contributed by atoms with Gasteiger partial charge in [0.1, 0.15) is 0 Å². The van der Waals surface area contributed by atoms with Crippen molar-refractivity contribution in [1.29, 1.82) is 0 Å². The van der Waals surface area contributed by atoms with E-state index < -0.39 is 17.9 Å². The van der Waals surface area contributed by atoms with Crippen LogP contribution >= 0.6 is 0 Å². The summed E-state index contributed by atoms with van der Waals surface area (Å²) in [5.41, 5.74) is 3.09. The summed E-state index contributed by atoms with van der Waals surface area (Å²) in [6.45, 7) is 5.73. The minimum Gasteiger partial charge on any atom is -0.480 e. The number of aryl methyl sites for hydroxylation is 3. The largest absolute Gasteiger partial charge is 0.480 e. The van der Waals surface area contributed by atoms with Crippen molar-refractivity contribution >= 4 is 11.9 Å². The lowest BCUT2D eigenvalue weighted by molar-refractivity contribution is -0.150. The number of benzene rings is 1. The van der Waals surface area contributed by atoms with Crippen molar-refractivity contribution in [3.8, 4) is 0 Å². The maximum absolute atomic E-state index is 11.2. The molecule has 4 nitrogen and oxygen atoms in total. The van der Waals surface area contributed by atoms with Crippen LogP contribution < -0.4 is 0 Å². The lowest BCUT2D eigenvalue weighted by Crippen LogP contribution is -2.24. The van der Waals surface area contributed by atoms with Crippen LogP contribution in [0.4, 0.5) is 0 Å². The van der Waals surface area contributed by atoms with E-state index in [0.29, 0.717) is 18.4 Å². The summed E-state index contributed by atoms with van der Waals surface area (Å²) in [4.78, 5) is 22.4. The Balaban J connectivity index is 3.53. The lowest BCUT2D eigenvalue weighted by atomic mass is 9.86. The molecule has 0 heterocycles. The quantitative estimate of drug-likeness (QED) is 0.787. The molecule has 0 unspecified atom stereocenters. The van der Waals surface area contributed by atoms with E-state index in [0.717, 1.165) is 16.7 Å². The molecule has 0 aliphatic heterocycles. The van der Waals surface area contributed by atoms with Crippen molar-refractivity contribution in [2.24, 2.45) is 0 Å². The average molecular weight is 250 g/mol. The number of rotatable bonds is 5. The van der Waals surface area contributed by atoms with Crippen LogP contribution in [0.25, 0.3) is 0 Å². The van der Waals surface area contributed by atoms with E-state index in [9.17, 15) is 9.59 Å². The first kappa shape index (κ1) is 14.2. The molecule has 0 bridgehead atoms. The van der Waals surface area contributed by atoms with Gasteiger partial charge in [-0.3, -0.25) is 9.59 Å². The summed E-state index contributed by atoms with van der Waals surface area (Å²) in [5.74, 6) is -4.10. The molecule has 4 heteroatoms. The first-order valence-corrected chi connectivity index (χ1v) is 6.00. The number of carboxylic acids is 2. The summed E-state index contributed by atoms with van der Waals surface area (Å²) < 4.78 is 0. The molecular weight excluding hydrogens is 232 g/mol.